The maximum atomic E-state index is 13.6. The Bertz CT molecular complexity index is 698. The number of rotatable bonds is 4. The molecule has 1 heterocycles. The van der Waals surface area contributed by atoms with Gasteiger partial charge in [-0.05, 0) is 24.5 Å². The molecule has 7 heteroatoms. The number of primary amides is 1. The summed E-state index contributed by atoms with van der Waals surface area (Å²) in [5.41, 5.74) is 19.4. The number of nitrogens with two attached hydrogens (primary N) is 3. The van der Waals surface area contributed by atoms with Crippen molar-refractivity contribution in [2.24, 2.45) is 17.2 Å². The summed E-state index contributed by atoms with van der Waals surface area (Å²) in [6, 6.07) is 9.11. The molecular weight excluding hydrogens is 326 g/mol. The first-order chi connectivity index (χ1) is 11.7. The first-order valence-corrected chi connectivity index (χ1v) is 8.17. The zero-order valence-corrected chi connectivity index (χ0v) is 14.3. The number of nitrogens with zero attached hydrogens (tertiary/aromatic N) is 1. The number of alkyl halides is 2. The molecule has 1 fully saturated rings. The highest BCUT2D eigenvalue weighted by Gasteiger charge is 2.32. The predicted molar refractivity (Wildman–Crippen MR) is 94.0 cm³/mol. The lowest BCUT2D eigenvalue weighted by molar-refractivity contribution is -0.114. The van der Waals surface area contributed by atoms with Crippen LogP contribution < -0.4 is 17.2 Å². The van der Waals surface area contributed by atoms with E-state index in [4.69, 9.17) is 17.2 Å². The van der Waals surface area contributed by atoms with Gasteiger partial charge < -0.3 is 22.1 Å². The molecule has 0 aromatic heterocycles. The average Bonchev–Trinajstić information content (AvgIpc) is 2.75. The number of hydrogen-bond donors (Lipinski definition) is 3. The van der Waals surface area contributed by atoms with Crippen LogP contribution in [0.1, 0.15) is 31.7 Å². The van der Waals surface area contributed by atoms with Gasteiger partial charge in [0.2, 0.25) is 5.92 Å². The van der Waals surface area contributed by atoms with Crippen molar-refractivity contribution >= 4 is 11.6 Å². The van der Waals surface area contributed by atoms with Gasteiger partial charge in [0.1, 0.15) is 5.82 Å². The molecule has 2 rings (SSSR count). The standard InChI is InChI=1S/C18H24F2N4O/c1-12(15(21)13-6-3-2-4-7-13)14(17(23)25)16(22)24-10-5-8-18(19,20)9-11-24/h2-4,6-7H,5,8-11,21-22H2,1H3,(H2,23,25)/b15-12-,16-14-. The first kappa shape index (κ1) is 18.8. The summed E-state index contributed by atoms with van der Waals surface area (Å²) >= 11 is 0. The minimum absolute atomic E-state index is 0.0636. The van der Waals surface area contributed by atoms with Crippen molar-refractivity contribution < 1.29 is 13.6 Å². The number of carbonyl (C=O) groups excluding carboxylic acids is 1. The molecule has 1 aliphatic heterocycles. The van der Waals surface area contributed by atoms with Crippen LogP contribution in [0.25, 0.3) is 5.70 Å². The normalized spacial score (nSPS) is 19.6. The van der Waals surface area contributed by atoms with E-state index in [2.05, 4.69) is 0 Å². The number of hydrogen-bond acceptors (Lipinski definition) is 4. The van der Waals surface area contributed by atoms with Crippen molar-refractivity contribution in [3.63, 3.8) is 0 Å². The fourth-order valence-electron chi connectivity index (χ4n) is 2.93. The molecule has 25 heavy (non-hydrogen) atoms. The number of halogens is 2. The number of amides is 1. The molecule has 1 aromatic rings. The van der Waals surface area contributed by atoms with Crippen LogP contribution in [0.15, 0.2) is 47.3 Å². The zero-order valence-electron chi connectivity index (χ0n) is 14.3. The van der Waals surface area contributed by atoms with E-state index in [1.54, 1.807) is 24.0 Å². The Labute approximate surface area is 146 Å². The smallest absolute Gasteiger partial charge is 0.252 e. The van der Waals surface area contributed by atoms with E-state index >= 15 is 0 Å². The molecule has 1 aliphatic rings. The summed E-state index contributed by atoms with van der Waals surface area (Å²) in [4.78, 5) is 13.6. The summed E-state index contributed by atoms with van der Waals surface area (Å²) in [5, 5.41) is 0. The Balaban J connectivity index is 2.42. The maximum Gasteiger partial charge on any atom is 0.252 e. The van der Waals surface area contributed by atoms with Gasteiger partial charge in [-0.25, -0.2) is 8.78 Å². The second-order valence-corrected chi connectivity index (χ2v) is 6.23. The van der Waals surface area contributed by atoms with Gasteiger partial charge in [0.05, 0.1) is 5.57 Å². The lowest BCUT2D eigenvalue weighted by Gasteiger charge is -2.25. The van der Waals surface area contributed by atoms with Crippen LogP contribution in [0.5, 0.6) is 0 Å². The van der Waals surface area contributed by atoms with E-state index in [0.717, 1.165) is 5.56 Å². The monoisotopic (exact) mass is 350 g/mol. The maximum absolute atomic E-state index is 13.6. The zero-order chi connectivity index (χ0) is 18.6. The first-order valence-electron chi connectivity index (χ1n) is 8.17. The fourth-order valence-corrected chi connectivity index (χ4v) is 2.93. The molecule has 136 valence electrons. The Hall–Kier alpha value is -2.57. The van der Waals surface area contributed by atoms with Crippen molar-refractivity contribution in [2.75, 3.05) is 13.1 Å². The lowest BCUT2D eigenvalue weighted by Crippen LogP contribution is -2.34. The van der Waals surface area contributed by atoms with Crippen molar-refractivity contribution in [2.45, 2.75) is 32.1 Å². The van der Waals surface area contributed by atoms with Crippen LogP contribution in [0.3, 0.4) is 0 Å². The van der Waals surface area contributed by atoms with Gasteiger partial charge in [0.25, 0.3) is 5.91 Å². The second-order valence-electron chi connectivity index (χ2n) is 6.23. The second kappa shape index (κ2) is 7.55. The Morgan fingerprint density at radius 1 is 1.08 bits per heavy atom. The van der Waals surface area contributed by atoms with Crippen LogP contribution in [0.2, 0.25) is 0 Å². The van der Waals surface area contributed by atoms with Crippen LogP contribution in [0, 0.1) is 0 Å². The summed E-state index contributed by atoms with van der Waals surface area (Å²) in [7, 11) is 0. The summed E-state index contributed by atoms with van der Waals surface area (Å²) in [6.45, 7) is 2.06. The van der Waals surface area contributed by atoms with Crippen molar-refractivity contribution in [1.82, 2.24) is 4.90 Å². The molecule has 0 saturated carbocycles. The van der Waals surface area contributed by atoms with Crippen molar-refractivity contribution in [3.05, 3.63) is 52.9 Å². The minimum atomic E-state index is -2.71. The molecule has 5 nitrogen and oxygen atoms in total. The topological polar surface area (TPSA) is 98.4 Å². The highest BCUT2D eigenvalue weighted by atomic mass is 19.3. The van der Waals surface area contributed by atoms with E-state index in [1.807, 2.05) is 18.2 Å². The van der Waals surface area contributed by atoms with E-state index in [1.165, 1.54) is 0 Å². The number of carbonyl (C=O) groups is 1. The van der Waals surface area contributed by atoms with E-state index < -0.39 is 11.8 Å². The van der Waals surface area contributed by atoms with Gasteiger partial charge in [0, 0.05) is 31.6 Å². The van der Waals surface area contributed by atoms with Gasteiger partial charge >= 0.3 is 0 Å². The van der Waals surface area contributed by atoms with Gasteiger partial charge in [-0.3, -0.25) is 4.79 Å². The van der Waals surface area contributed by atoms with Gasteiger partial charge in [-0.1, -0.05) is 30.3 Å². The van der Waals surface area contributed by atoms with E-state index in [-0.39, 0.29) is 37.2 Å². The summed E-state index contributed by atoms with van der Waals surface area (Å²) in [5.74, 6) is -3.35. The van der Waals surface area contributed by atoms with Crippen LogP contribution in [0.4, 0.5) is 8.78 Å². The van der Waals surface area contributed by atoms with Crippen LogP contribution in [-0.4, -0.2) is 29.8 Å². The predicted octanol–water partition coefficient (Wildman–Crippen LogP) is 2.15. The average molecular weight is 350 g/mol. The molecule has 1 amide bonds. The SMILES string of the molecule is CC(/C(C(N)=O)=C(\N)N1CCCC(F)(F)CC1)=C(/N)c1ccccc1. The molecule has 0 radical (unpaired) electrons. The summed E-state index contributed by atoms with van der Waals surface area (Å²) < 4.78 is 27.1. The molecular formula is C18H24F2N4O. The Kier molecular flexibility index (Phi) is 5.66. The lowest BCUT2D eigenvalue weighted by atomic mass is 10.00. The number of likely N-dealkylation sites (tertiary alicyclic amines) is 1. The molecule has 0 unspecified atom stereocenters. The highest BCUT2D eigenvalue weighted by Crippen LogP contribution is 2.30. The Morgan fingerprint density at radius 3 is 2.32 bits per heavy atom. The molecule has 1 saturated heterocycles. The largest absolute Gasteiger partial charge is 0.398 e. The van der Waals surface area contributed by atoms with E-state index in [9.17, 15) is 13.6 Å². The van der Waals surface area contributed by atoms with E-state index in [0.29, 0.717) is 17.8 Å². The highest BCUT2D eigenvalue weighted by molar-refractivity contribution is 5.99. The third kappa shape index (κ3) is 4.49. The minimum Gasteiger partial charge on any atom is -0.398 e. The quantitative estimate of drug-likeness (QED) is 0.572. The third-order valence-electron chi connectivity index (χ3n) is 4.43. The fraction of sp³-hybridized carbons (Fsp3) is 0.389. The molecule has 0 aliphatic carbocycles. The summed E-state index contributed by atoms with van der Waals surface area (Å²) in [6.07, 6.45) is -0.211. The van der Waals surface area contributed by atoms with Crippen LogP contribution in [-0.2, 0) is 4.79 Å². The van der Waals surface area contributed by atoms with Gasteiger partial charge in [-0.2, -0.15) is 0 Å². The molecule has 0 bridgehead atoms. The van der Waals surface area contributed by atoms with Gasteiger partial charge in [0.15, 0.2) is 0 Å². The third-order valence-corrected chi connectivity index (χ3v) is 4.43. The van der Waals surface area contributed by atoms with Gasteiger partial charge in [-0.15, -0.1) is 0 Å². The van der Waals surface area contributed by atoms with Crippen molar-refractivity contribution in [1.29, 1.82) is 0 Å². The molecule has 1 aromatic carbocycles. The van der Waals surface area contributed by atoms with Crippen LogP contribution >= 0.6 is 0 Å². The van der Waals surface area contributed by atoms with Crippen molar-refractivity contribution in [3.8, 4) is 0 Å². The molecule has 6 N–H and O–H groups in total. The molecule has 0 spiro atoms. The molecule has 0 atom stereocenters. The Morgan fingerprint density at radius 2 is 1.72 bits per heavy atom. The number of benzene rings is 1.